The van der Waals surface area contributed by atoms with Crippen LogP contribution in [0, 0.1) is 20.8 Å². The molecule has 6 nitrogen and oxygen atoms in total. The van der Waals surface area contributed by atoms with Crippen molar-refractivity contribution in [2.45, 2.75) is 26.9 Å². The Hall–Kier alpha value is -6.45. The highest BCUT2D eigenvalue weighted by molar-refractivity contribution is 7.31. The minimum atomic E-state index is -4.50. The van der Waals surface area contributed by atoms with Gasteiger partial charge in [0.15, 0.2) is 4.88 Å². The van der Waals surface area contributed by atoms with Crippen molar-refractivity contribution in [1.82, 2.24) is 0 Å². The van der Waals surface area contributed by atoms with Gasteiger partial charge < -0.3 is 24.0 Å². The van der Waals surface area contributed by atoms with Gasteiger partial charge in [-0.15, -0.1) is 50.4 Å². The second kappa shape index (κ2) is 16.8. The summed E-state index contributed by atoms with van der Waals surface area (Å²) in [5.41, 5.74) is 9.23. The predicted molar refractivity (Wildman–Crippen MR) is 267 cm³/mol. The number of carboxylic acids is 1. The summed E-state index contributed by atoms with van der Waals surface area (Å²) in [5.74, 6) is 0.514. The summed E-state index contributed by atoms with van der Waals surface area (Å²) in [6, 6.07) is 44.7. The van der Waals surface area contributed by atoms with Gasteiger partial charge in [0.05, 0.1) is 24.7 Å². The van der Waals surface area contributed by atoms with Crippen LogP contribution in [0.15, 0.2) is 146 Å². The zero-order chi connectivity index (χ0) is 46.1. The molecule has 1 aliphatic heterocycles. The molecule has 0 saturated heterocycles. The second-order valence-corrected chi connectivity index (χ2v) is 20.6. The third-order valence-electron chi connectivity index (χ3n) is 12.4. The lowest BCUT2D eigenvalue weighted by Gasteiger charge is -2.32. The minimum absolute atomic E-state index is 0.162. The van der Waals surface area contributed by atoms with E-state index in [2.05, 4.69) is 61.2 Å². The van der Waals surface area contributed by atoms with E-state index < -0.39 is 24.0 Å². The van der Waals surface area contributed by atoms with E-state index in [4.69, 9.17) is 9.47 Å². The molecule has 66 heavy (non-hydrogen) atoms. The van der Waals surface area contributed by atoms with Gasteiger partial charge in [0.2, 0.25) is 5.01 Å². The summed E-state index contributed by atoms with van der Waals surface area (Å²) in [6.45, 7) is 6.26. The molecule has 10 rings (SSSR count). The first-order chi connectivity index (χ1) is 31.8. The molecule has 5 aromatic carbocycles. The number of thiazole rings is 1. The number of aryl methyl sites for hydroxylation is 3. The summed E-state index contributed by atoms with van der Waals surface area (Å²) in [4.78, 5) is 21.4. The lowest BCUT2D eigenvalue weighted by molar-refractivity contribution is -0.518. The molecule has 1 aliphatic rings. The molecule has 0 bridgehead atoms. The lowest BCUT2D eigenvalue weighted by Crippen LogP contribution is -2.82. The van der Waals surface area contributed by atoms with Crippen molar-refractivity contribution in [2.24, 2.45) is 0 Å². The quantitative estimate of drug-likeness (QED) is 0.131. The SMILES string of the molecule is COc1ccc(N(c2ccc(OC)cc2)c2ccc(-c3sc(-c4sc(-c5cc6c(s5)-c5sc(C(=O)O)c[n+]5[B-]6(c5ccc(C)cc5)c5ccc(C(F)(F)F)cc5)cc4C)cc3C)cc2)cc1. The van der Waals surface area contributed by atoms with Gasteiger partial charge in [-0.3, -0.25) is 0 Å². The molecule has 9 aromatic rings. The van der Waals surface area contributed by atoms with E-state index >= 15 is 0 Å². The summed E-state index contributed by atoms with van der Waals surface area (Å²) in [5, 5.41) is 11.0. The molecule has 0 saturated carbocycles. The Balaban J connectivity index is 1.02. The van der Waals surface area contributed by atoms with Gasteiger partial charge in [0.1, 0.15) is 17.7 Å². The van der Waals surface area contributed by atoms with Gasteiger partial charge in [-0.2, -0.15) is 13.2 Å². The predicted octanol–water partition coefficient (Wildman–Crippen LogP) is 12.8. The molecule has 0 spiro atoms. The molecule has 4 aromatic heterocycles. The Morgan fingerprint density at radius 1 is 0.606 bits per heavy atom. The normalized spacial score (nSPS) is 14.2. The van der Waals surface area contributed by atoms with Crippen LogP contribution < -0.4 is 35.2 Å². The summed E-state index contributed by atoms with van der Waals surface area (Å²) in [7, 11) is 3.32. The number of aromatic nitrogens is 1. The van der Waals surface area contributed by atoms with Gasteiger partial charge in [0.25, 0.3) is 0 Å². The highest BCUT2D eigenvalue weighted by Crippen LogP contribution is 2.48. The molecular weight excluding hydrogens is 913 g/mol. The number of hydrogen-bond donors (Lipinski definition) is 1. The van der Waals surface area contributed by atoms with Gasteiger partial charge >= 0.3 is 18.4 Å². The van der Waals surface area contributed by atoms with Gasteiger partial charge in [-0.05, 0) is 110 Å². The monoisotopic (exact) mass is 952 g/mol. The number of fused-ring (bicyclic) bond motifs is 3. The number of carbonyl (C=O) groups is 1. The van der Waals surface area contributed by atoms with Gasteiger partial charge in [-0.25, -0.2) is 4.79 Å². The number of nitrogens with zero attached hydrogens (tertiary/aromatic N) is 2. The molecule has 330 valence electrons. The largest absolute Gasteiger partial charge is 0.497 e. The molecule has 1 atom stereocenters. The minimum Gasteiger partial charge on any atom is -0.497 e. The number of rotatable bonds is 11. The maximum Gasteiger partial charge on any atom is 0.416 e. The van der Waals surface area contributed by atoms with Crippen molar-refractivity contribution < 1.29 is 37.0 Å². The van der Waals surface area contributed by atoms with E-state index in [9.17, 15) is 23.1 Å². The number of carboxylic acid groups (broad SMARTS) is 1. The maximum atomic E-state index is 13.9. The standard InChI is InChI=1S/C52H40BF3N2O4S4/c1-30-6-12-35(13-7-30)53(36-14-10-34(11-15-36)52(54,55)56)42-28-44(64-49(42)50-57(53)29-46(66-50)51(59)60)43-26-32(3)48(63-43)45-27-31(2)47(65-45)33-8-16-37(17-9-33)58(38-18-22-40(61-4)23-19-38)39-20-24-41(62-5)25-21-39/h6-29H,1-5H3,(H,59,60). The van der Waals surface area contributed by atoms with E-state index in [1.54, 1.807) is 66.6 Å². The molecule has 5 heterocycles. The summed E-state index contributed by atoms with van der Waals surface area (Å²) >= 11 is 6.27. The first kappa shape index (κ1) is 43.4. The number of anilines is 3. The zero-order valence-corrected chi connectivity index (χ0v) is 39.5. The number of halogens is 3. The van der Waals surface area contributed by atoms with Crippen molar-refractivity contribution >= 4 is 91.0 Å². The molecule has 0 radical (unpaired) electrons. The van der Waals surface area contributed by atoms with Crippen LogP contribution in [0.1, 0.15) is 31.9 Å². The molecule has 0 aliphatic carbocycles. The average Bonchev–Trinajstić information content (AvgIpc) is 4.16. The number of methoxy groups -OCH3 is 2. The fraction of sp³-hybridized carbons (Fsp3) is 0.115. The molecule has 0 fully saturated rings. The third-order valence-corrected chi connectivity index (χ3v) is 17.7. The van der Waals surface area contributed by atoms with Crippen LogP contribution in [0.3, 0.4) is 0 Å². The van der Waals surface area contributed by atoms with E-state index in [1.807, 2.05) is 84.2 Å². The van der Waals surface area contributed by atoms with Crippen molar-refractivity contribution in [3.8, 4) is 51.3 Å². The van der Waals surface area contributed by atoms with Crippen LogP contribution in [0.5, 0.6) is 11.5 Å². The van der Waals surface area contributed by atoms with Gasteiger partial charge in [-0.1, -0.05) is 83.6 Å². The smallest absolute Gasteiger partial charge is 0.416 e. The van der Waals surface area contributed by atoms with Crippen LogP contribution in [0.2, 0.25) is 0 Å². The van der Waals surface area contributed by atoms with Gasteiger partial charge in [0, 0.05) is 41.4 Å². The van der Waals surface area contributed by atoms with E-state index in [-0.39, 0.29) is 4.88 Å². The maximum absolute atomic E-state index is 13.9. The van der Waals surface area contributed by atoms with Crippen molar-refractivity contribution in [3.63, 3.8) is 0 Å². The third kappa shape index (κ3) is 7.42. The second-order valence-electron chi connectivity index (χ2n) is 16.4. The van der Waals surface area contributed by atoms with Crippen molar-refractivity contribution in [2.75, 3.05) is 19.1 Å². The topological polar surface area (TPSA) is 62.9 Å². The Labute approximate surface area is 396 Å². The number of thiophene rings is 3. The molecule has 1 N–H and O–H groups in total. The average molecular weight is 953 g/mol. The van der Waals surface area contributed by atoms with E-state index in [0.29, 0.717) is 5.46 Å². The number of ether oxygens (including phenoxy) is 2. The Morgan fingerprint density at radius 3 is 1.64 bits per heavy atom. The fourth-order valence-corrected chi connectivity index (χ4v) is 14.2. The molecule has 14 heteroatoms. The first-order valence-electron chi connectivity index (χ1n) is 21.0. The van der Waals surface area contributed by atoms with Crippen LogP contribution in [-0.2, 0) is 6.18 Å². The number of benzene rings is 5. The number of alkyl halides is 3. The first-order valence-corrected chi connectivity index (χ1v) is 24.3. The Morgan fingerprint density at radius 2 is 1.09 bits per heavy atom. The van der Waals surface area contributed by atoms with Crippen molar-refractivity contribution in [3.05, 3.63) is 173 Å². The Kier molecular flexibility index (Phi) is 11.0. The van der Waals surface area contributed by atoms with E-state index in [1.165, 1.54) is 21.8 Å². The number of aromatic carboxylic acids is 1. The highest BCUT2D eigenvalue weighted by Gasteiger charge is 2.53. The van der Waals surface area contributed by atoms with Crippen LogP contribution in [0.25, 0.3) is 39.8 Å². The Bertz CT molecular complexity index is 3220. The molecular formula is C52H40BF3N2O4S4. The summed E-state index contributed by atoms with van der Waals surface area (Å²) < 4.78 is 54.6. The fourth-order valence-electron chi connectivity index (χ4n) is 9.14. The molecule has 0 amide bonds. The summed E-state index contributed by atoms with van der Waals surface area (Å²) in [6.07, 6.45) is -4.97. The highest BCUT2D eigenvalue weighted by atomic mass is 32.1. The number of hydrogen-bond acceptors (Lipinski definition) is 8. The van der Waals surface area contributed by atoms with E-state index in [0.717, 1.165) is 97.7 Å². The lowest BCUT2D eigenvalue weighted by atomic mass is 9.25. The zero-order valence-electron chi connectivity index (χ0n) is 36.3. The van der Waals surface area contributed by atoms with Crippen molar-refractivity contribution in [1.29, 1.82) is 0 Å². The van der Waals surface area contributed by atoms with Crippen LogP contribution in [-0.4, -0.2) is 31.6 Å². The van der Waals surface area contributed by atoms with Crippen LogP contribution >= 0.6 is 45.3 Å². The van der Waals surface area contributed by atoms with Crippen LogP contribution in [0.4, 0.5) is 30.2 Å². The molecule has 1 unspecified atom stereocenters.